The predicted octanol–water partition coefficient (Wildman–Crippen LogP) is 4.42. The second kappa shape index (κ2) is 8.97. The molecule has 0 radical (unpaired) electrons. The Kier molecular flexibility index (Phi) is 6.90. The van der Waals surface area contributed by atoms with Crippen molar-refractivity contribution in [1.29, 1.82) is 0 Å². The van der Waals surface area contributed by atoms with Crippen LogP contribution in [-0.2, 0) is 16.2 Å². The number of likely N-dealkylation sites (N-methyl/N-ethyl adjacent to an activating group) is 1. The molecule has 31 heavy (non-hydrogen) atoms. The normalized spacial score (nSPS) is 16.5. The highest BCUT2D eigenvalue weighted by Gasteiger charge is 2.36. The Morgan fingerprint density at radius 3 is 2.16 bits per heavy atom. The van der Waals surface area contributed by atoms with Crippen LogP contribution in [0, 0.1) is 0 Å². The maximum atomic E-state index is 13.8. The molecule has 1 heterocycles. The first-order chi connectivity index (χ1) is 14.4. The summed E-state index contributed by atoms with van der Waals surface area (Å²) in [5.41, 5.74) is -0.450. The van der Waals surface area contributed by atoms with Crippen LogP contribution in [0.1, 0.15) is 12.5 Å². The third-order valence-corrected chi connectivity index (χ3v) is 7.75. The Balaban J connectivity index is 2.01. The summed E-state index contributed by atoms with van der Waals surface area (Å²) >= 11 is 6.28. The first kappa shape index (κ1) is 23.8. The van der Waals surface area contributed by atoms with Crippen molar-refractivity contribution in [3.05, 3.63) is 47.0 Å². The van der Waals surface area contributed by atoms with Gasteiger partial charge in [-0.2, -0.15) is 17.5 Å². The fourth-order valence-electron chi connectivity index (χ4n) is 3.48. The van der Waals surface area contributed by atoms with Crippen molar-refractivity contribution >= 4 is 27.3 Å². The van der Waals surface area contributed by atoms with Gasteiger partial charge in [-0.1, -0.05) is 23.7 Å². The minimum atomic E-state index is -4.62. The summed E-state index contributed by atoms with van der Waals surface area (Å²) in [7, 11) is -0.105. The lowest BCUT2D eigenvalue weighted by Crippen LogP contribution is -2.46. The molecule has 1 saturated heterocycles. The molecule has 0 amide bonds. The van der Waals surface area contributed by atoms with E-state index in [2.05, 4.69) is 0 Å². The molecule has 2 aromatic rings. The van der Waals surface area contributed by atoms with Crippen LogP contribution in [0.2, 0.25) is 5.02 Å². The van der Waals surface area contributed by atoms with Crippen molar-refractivity contribution in [3.8, 4) is 11.1 Å². The Morgan fingerprint density at radius 2 is 1.65 bits per heavy atom. The average Bonchev–Trinajstić information content (AvgIpc) is 2.72. The molecule has 0 spiro atoms. The summed E-state index contributed by atoms with van der Waals surface area (Å²) in [5, 5.41) is -0.0419. The molecule has 0 unspecified atom stereocenters. The summed E-state index contributed by atoms with van der Waals surface area (Å²) in [4.78, 5) is 3.75. The Labute approximate surface area is 186 Å². The summed E-state index contributed by atoms with van der Waals surface area (Å²) < 4.78 is 68.6. The number of benzene rings is 2. The van der Waals surface area contributed by atoms with Gasteiger partial charge >= 0.3 is 6.18 Å². The van der Waals surface area contributed by atoms with Gasteiger partial charge in [-0.25, -0.2) is 8.42 Å². The maximum absolute atomic E-state index is 13.8. The molecule has 0 bridgehead atoms. The topological polar surface area (TPSA) is 43.9 Å². The van der Waals surface area contributed by atoms with E-state index in [0.29, 0.717) is 38.4 Å². The lowest BCUT2D eigenvalue weighted by molar-refractivity contribution is -0.137. The zero-order valence-corrected chi connectivity index (χ0v) is 19.2. The number of nitrogens with zero attached hydrogens (tertiary/aromatic N) is 3. The van der Waals surface area contributed by atoms with E-state index in [-0.39, 0.29) is 21.0 Å². The van der Waals surface area contributed by atoms with Crippen LogP contribution >= 0.6 is 11.6 Å². The highest BCUT2D eigenvalue weighted by atomic mass is 35.5. The van der Waals surface area contributed by atoms with Gasteiger partial charge in [0.1, 0.15) is 0 Å². The van der Waals surface area contributed by atoms with E-state index in [4.69, 9.17) is 11.6 Å². The molecular formula is C21H25ClF3N3O2S. The van der Waals surface area contributed by atoms with E-state index in [1.165, 1.54) is 34.6 Å². The van der Waals surface area contributed by atoms with Crippen LogP contribution < -0.4 is 4.90 Å². The molecule has 3 rings (SSSR count). The van der Waals surface area contributed by atoms with Gasteiger partial charge in [-0.05, 0) is 43.8 Å². The highest BCUT2D eigenvalue weighted by molar-refractivity contribution is 7.89. The smallest absolute Gasteiger partial charge is 0.375 e. The van der Waals surface area contributed by atoms with Crippen molar-refractivity contribution in [2.75, 3.05) is 51.7 Å². The Bertz CT molecular complexity index is 1040. The standard InChI is InChI=1S/C21H25ClF3N3O2S/c1-4-27(3)16-13-18(21(23,24)25)20(19(22)14-16)15-5-7-17(8-6-15)31(29,30)28-11-9-26(2)10-12-28/h5-8,13-14H,4,9-12H2,1-3H3. The lowest BCUT2D eigenvalue weighted by Gasteiger charge is -2.31. The minimum Gasteiger partial charge on any atom is -0.375 e. The van der Waals surface area contributed by atoms with Crippen LogP contribution in [0.25, 0.3) is 11.1 Å². The van der Waals surface area contributed by atoms with E-state index < -0.39 is 21.8 Å². The molecule has 170 valence electrons. The molecule has 0 atom stereocenters. The van der Waals surface area contributed by atoms with Gasteiger partial charge in [0.25, 0.3) is 0 Å². The summed E-state index contributed by atoms with van der Waals surface area (Å²) in [6.45, 7) is 4.34. The van der Waals surface area contributed by atoms with Crippen molar-refractivity contribution in [3.63, 3.8) is 0 Å². The maximum Gasteiger partial charge on any atom is 0.417 e. The SMILES string of the molecule is CCN(C)c1cc(Cl)c(-c2ccc(S(=O)(=O)N3CCN(C)CC3)cc2)c(C(F)(F)F)c1. The average molecular weight is 476 g/mol. The molecule has 5 nitrogen and oxygen atoms in total. The summed E-state index contributed by atoms with van der Waals surface area (Å²) in [5.74, 6) is 0. The van der Waals surface area contributed by atoms with Crippen LogP contribution in [0.15, 0.2) is 41.3 Å². The molecule has 1 aliphatic rings. The molecule has 0 aromatic heterocycles. The molecular weight excluding hydrogens is 451 g/mol. The van der Waals surface area contributed by atoms with Gasteiger partial charge < -0.3 is 9.80 Å². The predicted molar refractivity (Wildman–Crippen MR) is 117 cm³/mol. The van der Waals surface area contributed by atoms with E-state index in [1.807, 2.05) is 18.9 Å². The number of rotatable bonds is 5. The van der Waals surface area contributed by atoms with Gasteiger partial charge in [-0.3, -0.25) is 0 Å². The molecule has 2 aromatic carbocycles. The van der Waals surface area contributed by atoms with Crippen LogP contribution in [-0.4, -0.2) is 64.4 Å². The molecule has 1 fully saturated rings. The first-order valence-corrected chi connectivity index (χ1v) is 11.7. The second-order valence-electron chi connectivity index (χ2n) is 7.59. The van der Waals surface area contributed by atoms with Crippen LogP contribution in [0.4, 0.5) is 18.9 Å². The van der Waals surface area contributed by atoms with Gasteiger partial charge in [0.15, 0.2) is 0 Å². The zero-order chi connectivity index (χ0) is 23.0. The number of piperazine rings is 1. The van der Waals surface area contributed by atoms with E-state index >= 15 is 0 Å². The monoisotopic (exact) mass is 475 g/mol. The van der Waals surface area contributed by atoms with E-state index in [0.717, 1.165) is 6.07 Å². The summed E-state index contributed by atoms with van der Waals surface area (Å²) in [6.07, 6.45) is -4.62. The van der Waals surface area contributed by atoms with Crippen molar-refractivity contribution in [2.24, 2.45) is 0 Å². The number of sulfonamides is 1. The zero-order valence-electron chi connectivity index (χ0n) is 17.6. The third kappa shape index (κ3) is 5.00. The molecule has 1 aliphatic heterocycles. The van der Waals surface area contributed by atoms with E-state index in [9.17, 15) is 21.6 Å². The molecule has 10 heteroatoms. The van der Waals surface area contributed by atoms with Crippen LogP contribution in [0.5, 0.6) is 0 Å². The lowest BCUT2D eigenvalue weighted by atomic mass is 9.98. The third-order valence-electron chi connectivity index (χ3n) is 5.54. The van der Waals surface area contributed by atoms with Gasteiger partial charge in [0.05, 0.1) is 15.5 Å². The van der Waals surface area contributed by atoms with Crippen LogP contribution in [0.3, 0.4) is 0 Å². The Morgan fingerprint density at radius 1 is 1.06 bits per heavy atom. The number of halogens is 4. The number of hydrogen-bond acceptors (Lipinski definition) is 4. The largest absolute Gasteiger partial charge is 0.417 e. The first-order valence-electron chi connectivity index (χ1n) is 9.86. The second-order valence-corrected chi connectivity index (χ2v) is 9.94. The highest BCUT2D eigenvalue weighted by Crippen LogP contribution is 2.43. The number of hydrogen-bond donors (Lipinski definition) is 0. The van der Waals surface area contributed by atoms with Gasteiger partial charge in [0.2, 0.25) is 10.0 Å². The van der Waals surface area contributed by atoms with Crippen molar-refractivity contribution in [2.45, 2.75) is 18.0 Å². The molecule has 0 N–H and O–H groups in total. The van der Waals surface area contributed by atoms with Crippen molar-refractivity contribution < 1.29 is 21.6 Å². The number of alkyl halides is 3. The Hall–Kier alpha value is -1.81. The van der Waals surface area contributed by atoms with Gasteiger partial charge in [-0.15, -0.1) is 0 Å². The fourth-order valence-corrected chi connectivity index (χ4v) is 5.23. The van der Waals surface area contributed by atoms with Crippen molar-refractivity contribution in [1.82, 2.24) is 9.21 Å². The van der Waals surface area contributed by atoms with Gasteiger partial charge in [0, 0.05) is 51.0 Å². The summed E-state index contributed by atoms with van der Waals surface area (Å²) in [6, 6.07) is 7.99. The minimum absolute atomic E-state index is 0.0419. The molecule has 0 aliphatic carbocycles. The fraction of sp³-hybridized carbons (Fsp3) is 0.429. The molecule has 0 saturated carbocycles. The number of anilines is 1. The quantitative estimate of drug-likeness (QED) is 0.642. The van der Waals surface area contributed by atoms with E-state index in [1.54, 1.807) is 11.9 Å².